The van der Waals surface area contributed by atoms with Gasteiger partial charge in [-0.2, -0.15) is 0 Å². The molecule has 0 spiro atoms. The molecule has 7 nitrogen and oxygen atoms in total. The molecule has 0 bridgehead atoms. The molecular weight excluding hydrogens is 334 g/mol. The lowest BCUT2D eigenvalue weighted by atomic mass is 10.1. The number of carbonyl (C=O) groups is 3. The second kappa shape index (κ2) is 10.4. The number of esters is 1. The van der Waals surface area contributed by atoms with Crippen LogP contribution in [-0.4, -0.2) is 36.6 Å². The average molecular weight is 363 g/mol. The van der Waals surface area contributed by atoms with Gasteiger partial charge in [0.2, 0.25) is 0 Å². The summed E-state index contributed by atoms with van der Waals surface area (Å²) < 4.78 is 5.18. The second-order valence-electron chi connectivity index (χ2n) is 6.87. The Labute approximate surface area is 154 Å². The van der Waals surface area contributed by atoms with E-state index >= 15 is 0 Å². The van der Waals surface area contributed by atoms with Crippen LogP contribution in [-0.2, 0) is 16.1 Å². The van der Waals surface area contributed by atoms with Crippen molar-refractivity contribution in [1.29, 1.82) is 0 Å². The van der Waals surface area contributed by atoms with E-state index in [9.17, 15) is 14.4 Å². The van der Waals surface area contributed by atoms with Gasteiger partial charge < -0.3 is 20.7 Å². The zero-order valence-electron chi connectivity index (χ0n) is 16.1. The molecule has 0 saturated carbocycles. The van der Waals surface area contributed by atoms with E-state index in [1.165, 1.54) is 0 Å². The van der Waals surface area contributed by atoms with E-state index in [-0.39, 0.29) is 18.0 Å². The monoisotopic (exact) mass is 363 g/mol. The minimum atomic E-state index is -0.859. The van der Waals surface area contributed by atoms with Crippen LogP contribution in [0.1, 0.15) is 50.5 Å². The number of rotatable bonds is 8. The standard InChI is InChI=1S/C19H29N3O4/c1-12(2)10-20-17(23)14(5)26-18(24)16-8-6-15(7-9-16)11-21-19(25)22-13(3)4/h6-9,12-14H,10-11H2,1-5H3,(H,20,23)(H2,21,22,25)/t14-/m0/s1. The Kier molecular flexibility index (Phi) is 8.61. The lowest BCUT2D eigenvalue weighted by molar-refractivity contribution is -0.129. The van der Waals surface area contributed by atoms with E-state index in [0.717, 1.165) is 5.56 Å². The third kappa shape index (κ3) is 8.00. The van der Waals surface area contributed by atoms with Crippen LogP contribution in [0.2, 0.25) is 0 Å². The van der Waals surface area contributed by atoms with Crippen LogP contribution in [0.4, 0.5) is 4.79 Å². The number of ether oxygens (including phenoxy) is 1. The van der Waals surface area contributed by atoms with Crippen LogP contribution in [0.3, 0.4) is 0 Å². The van der Waals surface area contributed by atoms with Crippen LogP contribution < -0.4 is 16.0 Å². The van der Waals surface area contributed by atoms with Crippen molar-refractivity contribution in [2.45, 2.75) is 53.3 Å². The molecule has 3 amide bonds. The molecular formula is C19H29N3O4. The van der Waals surface area contributed by atoms with Crippen LogP contribution in [0, 0.1) is 5.92 Å². The van der Waals surface area contributed by atoms with Gasteiger partial charge in [0.15, 0.2) is 6.10 Å². The fraction of sp³-hybridized carbons (Fsp3) is 0.526. The topological polar surface area (TPSA) is 96.5 Å². The van der Waals surface area contributed by atoms with E-state index in [2.05, 4.69) is 16.0 Å². The van der Waals surface area contributed by atoms with Crippen LogP contribution in [0.5, 0.6) is 0 Å². The predicted octanol–water partition coefficient (Wildman–Crippen LogP) is 2.21. The number of hydrogen-bond acceptors (Lipinski definition) is 4. The van der Waals surface area contributed by atoms with Crippen LogP contribution >= 0.6 is 0 Å². The number of carbonyl (C=O) groups excluding carboxylic acids is 3. The molecule has 0 aromatic heterocycles. The Morgan fingerprint density at radius 1 is 0.962 bits per heavy atom. The smallest absolute Gasteiger partial charge is 0.338 e. The van der Waals surface area contributed by atoms with Crippen molar-refractivity contribution in [3.63, 3.8) is 0 Å². The van der Waals surface area contributed by atoms with E-state index in [0.29, 0.717) is 24.6 Å². The first kappa shape index (κ1) is 21.5. The van der Waals surface area contributed by atoms with Crippen molar-refractivity contribution < 1.29 is 19.1 Å². The number of urea groups is 1. The zero-order chi connectivity index (χ0) is 19.7. The summed E-state index contributed by atoms with van der Waals surface area (Å²) in [5.41, 5.74) is 1.20. The van der Waals surface area contributed by atoms with Gasteiger partial charge in [0.05, 0.1) is 5.56 Å². The van der Waals surface area contributed by atoms with Gasteiger partial charge in [0.25, 0.3) is 5.91 Å². The molecule has 26 heavy (non-hydrogen) atoms. The third-order valence-electron chi connectivity index (χ3n) is 3.40. The van der Waals surface area contributed by atoms with Gasteiger partial charge in [-0.3, -0.25) is 4.79 Å². The van der Waals surface area contributed by atoms with Crippen molar-refractivity contribution in [2.75, 3.05) is 6.54 Å². The molecule has 1 aromatic rings. The first-order valence-electron chi connectivity index (χ1n) is 8.81. The molecule has 0 saturated heterocycles. The fourth-order valence-corrected chi connectivity index (χ4v) is 1.98. The number of amides is 3. The van der Waals surface area contributed by atoms with Gasteiger partial charge in [-0.05, 0) is 44.4 Å². The summed E-state index contributed by atoms with van der Waals surface area (Å²) in [5.74, 6) is -0.552. The molecule has 7 heteroatoms. The highest BCUT2D eigenvalue weighted by atomic mass is 16.5. The summed E-state index contributed by atoms with van der Waals surface area (Å²) in [5, 5.41) is 8.19. The van der Waals surface area contributed by atoms with Gasteiger partial charge in [-0.1, -0.05) is 26.0 Å². The highest BCUT2D eigenvalue weighted by Crippen LogP contribution is 2.08. The quantitative estimate of drug-likeness (QED) is 0.617. The van der Waals surface area contributed by atoms with E-state index < -0.39 is 12.1 Å². The Morgan fingerprint density at radius 2 is 1.58 bits per heavy atom. The maximum absolute atomic E-state index is 12.1. The SMILES string of the molecule is CC(C)CNC(=O)[C@H](C)OC(=O)c1ccc(CNC(=O)NC(C)C)cc1. The largest absolute Gasteiger partial charge is 0.449 e. The first-order chi connectivity index (χ1) is 12.2. The van der Waals surface area contributed by atoms with Crippen LogP contribution in [0.25, 0.3) is 0 Å². The number of nitrogens with one attached hydrogen (secondary N) is 3. The van der Waals surface area contributed by atoms with Gasteiger partial charge in [-0.15, -0.1) is 0 Å². The average Bonchev–Trinajstić information content (AvgIpc) is 2.57. The third-order valence-corrected chi connectivity index (χ3v) is 3.40. The first-order valence-corrected chi connectivity index (χ1v) is 8.81. The minimum Gasteiger partial charge on any atom is -0.449 e. The molecule has 0 aliphatic heterocycles. The van der Waals surface area contributed by atoms with E-state index in [1.54, 1.807) is 31.2 Å². The highest BCUT2D eigenvalue weighted by molar-refractivity contribution is 5.92. The Hall–Kier alpha value is -2.57. The molecule has 0 unspecified atom stereocenters. The summed E-state index contributed by atoms with van der Waals surface area (Å²) in [6, 6.07) is 6.50. The van der Waals surface area contributed by atoms with Gasteiger partial charge >= 0.3 is 12.0 Å². The summed E-state index contributed by atoms with van der Waals surface area (Å²) >= 11 is 0. The molecule has 0 fully saturated rings. The minimum absolute atomic E-state index is 0.0619. The molecule has 1 rings (SSSR count). The molecule has 0 aliphatic carbocycles. The molecule has 0 heterocycles. The summed E-state index contributed by atoms with van der Waals surface area (Å²) in [4.78, 5) is 35.5. The molecule has 0 radical (unpaired) electrons. The van der Waals surface area contributed by atoms with Gasteiger partial charge in [0, 0.05) is 19.1 Å². The maximum atomic E-state index is 12.1. The second-order valence-corrected chi connectivity index (χ2v) is 6.87. The molecule has 1 aromatic carbocycles. The summed E-state index contributed by atoms with van der Waals surface area (Å²) in [7, 11) is 0. The van der Waals surface area contributed by atoms with E-state index in [1.807, 2.05) is 27.7 Å². The molecule has 0 aliphatic rings. The maximum Gasteiger partial charge on any atom is 0.338 e. The Bertz CT molecular complexity index is 612. The zero-order valence-corrected chi connectivity index (χ0v) is 16.1. The Balaban J connectivity index is 2.50. The van der Waals surface area contributed by atoms with Gasteiger partial charge in [-0.25, -0.2) is 9.59 Å². The normalized spacial score (nSPS) is 11.8. The fourth-order valence-electron chi connectivity index (χ4n) is 1.98. The molecule has 144 valence electrons. The predicted molar refractivity (Wildman–Crippen MR) is 99.7 cm³/mol. The summed E-state index contributed by atoms with van der Waals surface area (Å²) in [6.45, 7) is 10.2. The molecule has 1 atom stereocenters. The van der Waals surface area contributed by atoms with Crippen molar-refractivity contribution in [3.05, 3.63) is 35.4 Å². The van der Waals surface area contributed by atoms with Crippen LogP contribution in [0.15, 0.2) is 24.3 Å². The van der Waals surface area contributed by atoms with Crippen molar-refractivity contribution in [3.8, 4) is 0 Å². The number of hydrogen-bond donors (Lipinski definition) is 3. The summed E-state index contributed by atoms with van der Waals surface area (Å²) in [6.07, 6.45) is -0.859. The van der Waals surface area contributed by atoms with Crippen molar-refractivity contribution >= 4 is 17.9 Å². The Morgan fingerprint density at radius 3 is 2.12 bits per heavy atom. The highest BCUT2D eigenvalue weighted by Gasteiger charge is 2.18. The van der Waals surface area contributed by atoms with E-state index in [4.69, 9.17) is 4.74 Å². The van der Waals surface area contributed by atoms with Gasteiger partial charge in [0.1, 0.15) is 0 Å². The number of benzene rings is 1. The lowest BCUT2D eigenvalue weighted by Gasteiger charge is -2.15. The lowest BCUT2D eigenvalue weighted by Crippen LogP contribution is -2.39. The molecule has 3 N–H and O–H groups in total. The van der Waals surface area contributed by atoms with Crippen molar-refractivity contribution in [1.82, 2.24) is 16.0 Å². The van der Waals surface area contributed by atoms with Crippen molar-refractivity contribution in [2.24, 2.45) is 5.92 Å².